The van der Waals surface area contributed by atoms with Crippen LogP contribution in [0.1, 0.15) is 33.4 Å². The van der Waals surface area contributed by atoms with Crippen molar-refractivity contribution in [2.45, 2.75) is 0 Å². The maximum absolute atomic E-state index is 9.41. The fourth-order valence-electron chi connectivity index (χ4n) is 13.5. The van der Waals surface area contributed by atoms with E-state index < -0.39 is 0 Å². The Bertz CT molecular complexity index is 5500. The lowest BCUT2D eigenvalue weighted by Gasteiger charge is -2.25. The molecule has 15 rings (SSSR count). The zero-order valence-electron chi connectivity index (χ0n) is 56.8. The summed E-state index contributed by atoms with van der Waals surface area (Å²) in [5, 5.41) is 124. The Hall–Kier alpha value is -16.7. The first kappa shape index (κ1) is 69.8. The third-order valence-corrected chi connectivity index (χ3v) is 17.9. The topological polar surface area (TPSA) is 341 Å². The van der Waals surface area contributed by atoms with E-state index in [1.54, 1.807) is 0 Å². The van der Waals surface area contributed by atoms with Gasteiger partial charge in [-0.2, -0.15) is 63.1 Å². The Morgan fingerprint density at radius 2 is 0.333 bits per heavy atom. The van der Waals surface area contributed by atoms with E-state index in [-0.39, 0.29) is 73.1 Å². The first-order valence-corrected chi connectivity index (χ1v) is 33.3. The number of hydrogen-bond donors (Lipinski definition) is 0. The Morgan fingerprint density at radius 1 is 0.204 bits per heavy atom. The third kappa shape index (κ3) is 13.6. The molecule has 0 fully saturated rings. The minimum atomic E-state index is -0.0381. The SMILES string of the molecule is N#CC(C#N)=Cc1cc2ccccc2c2c1OCCOc1c(C=C(C#N)C#N)cc3ccccc3c1-2.N#CC(C#N)=Cc1cc2ccccc2c2c1OCCOc1c(C=C(C#N)C#N)cc3ccccc3c1-2.N#CC(C#N)=Cc1cc2ccccc2c2c1OCCOc1c(C=C(C#N)C#N)cc3ccccc3c1-2. The lowest BCUT2D eigenvalue weighted by Crippen LogP contribution is -2.14. The number of fused-ring (bicyclic) bond motifs is 21. The maximum Gasteiger partial charge on any atom is 0.135 e. The van der Waals surface area contributed by atoms with Gasteiger partial charge < -0.3 is 28.4 Å². The lowest BCUT2D eigenvalue weighted by molar-refractivity contribution is 0.214. The van der Waals surface area contributed by atoms with E-state index in [2.05, 4.69) is 0 Å². The molecule has 108 heavy (non-hydrogen) atoms. The number of hydrogen-bond acceptors (Lipinski definition) is 18. The molecule has 504 valence electrons. The van der Waals surface area contributed by atoms with Crippen molar-refractivity contribution in [1.29, 1.82) is 63.1 Å². The van der Waals surface area contributed by atoms with Crippen molar-refractivity contribution in [3.05, 3.63) is 249 Å². The van der Waals surface area contributed by atoms with Crippen LogP contribution >= 0.6 is 0 Å². The van der Waals surface area contributed by atoms with Gasteiger partial charge in [0.1, 0.15) is 180 Å². The Morgan fingerprint density at radius 3 is 0.463 bits per heavy atom. The van der Waals surface area contributed by atoms with Gasteiger partial charge in [0.05, 0.1) is 0 Å². The molecule has 3 aliphatic heterocycles. The number of nitrogens with zero attached hydrogens (tertiary/aromatic N) is 12. The molecule has 18 nitrogen and oxygen atoms in total. The molecule has 12 aromatic carbocycles. The molecule has 0 aromatic heterocycles. The first-order chi connectivity index (χ1) is 53.0. The summed E-state index contributed by atoms with van der Waals surface area (Å²) >= 11 is 0. The molecular weight excluding hydrogens is 1350 g/mol. The highest BCUT2D eigenvalue weighted by molar-refractivity contribution is 6.16. The molecule has 0 saturated heterocycles. The third-order valence-electron chi connectivity index (χ3n) is 17.9. The molecule has 0 N–H and O–H groups in total. The van der Waals surface area contributed by atoms with Crippen LogP contribution in [-0.2, 0) is 0 Å². The number of rotatable bonds is 6. The van der Waals surface area contributed by atoms with E-state index in [0.717, 1.165) is 98.0 Å². The second-order valence-corrected chi connectivity index (χ2v) is 24.1. The van der Waals surface area contributed by atoms with Gasteiger partial charge in [0.15, 0.2) is 0 Å². The molecule has 0 atom stereocenters. The Labute approximate surface area is 618 Å². The van der Waals surface area contributed by atoms with Crippen molar-refractivity contribution in [2.24, 2.45) is 0 Å². The molecule has 0 saturated carbocycles. The fraction of sp³-hybridized carbons (Fsp3) is 0.0667. The van der Waals surface area contributed by atoms with E-state index in [0.29, 0.717) is 67.9 Å². The summed E-state index contributed by atoms with van der Waals surface area (Å²) in [6.07, 6.45) is 9.18. The van der Waals surface area contributed by atoms with Gasteiger partial charge >= 0.3 is 0 Å². The van der Waals surface area contributed by atoms with Gasteiger partial charge in [-0.3, -0.25) is 0 Å². The second-order valence-electron chi connectivity index (χ2n) is 24.1. The van der Waals surface area contributed by atoms with Crippen LogP contribution in [0.15, 0.2) is 215 Å². The van der Waals surface area contributed by atoms with E-state index in [1.807, 2.05) is 255 Å². The zero-order chi connectivity index (χ0) is 75.2. The van der Waals surface area contributed by atoms with Crippen molar-refractivity contribution in [1.82, 2.24) is 0 Å². The predicted octanol–water partition coefficient (Wildman–Crippen LogP) is 18.9. The fourth-order valence-corrected chi connectivity index (χ4v) is 13.5. The number of allylic oxidation sites excluding steroid dienone is 6. The maximum atomic E-state index is 9.41. The summed E-state index contributed by atoms with van der Waals surface area (Å²) in [7, 11) is 0. The first-order valence-electron chi connectivity index (χ1n) is 33.3. The van der Waals surface area contributed by atoms with Crippen LogP contribution < -0.4 is 28.4 Å². The summed E-state index contributed by atoms with van der Waals surface area (Å²) in [6, 6.07) is 81.3. The summed E-state index contributed by atoms with van der Waals surface area (Å²) in [5.74, 6) is 3.21. The molecule has 0 aliphatic carbocycles. The van der Waals surface area contributed by atoms with Crippen molar-refractivity contribution in [2.75, 3.05) is 39.6 Å². The van der Waals surface area contributed by atoms with E-state index in [4.69, 9.17) is 28.4 Å². The molecule has 12 aromatic rings. The summed E-state index contributed by atoms with van der Waals surface area (Å²) in [5.41, 5.74) is 7.94. The van der Waals surface area contributed by atoms with Gasteiger partial charge in [-0.15, -0.1) is 0 Å². The van der Waals surface area contributed by atoms with Gasteiger partial charge in [-0.25, -0.2) is 0 Å². The van der Waals surface area contributed by atoms with Crippen LogP contribution in [0.5, 0.6) is 34.5 Å². The highest BCUT2D eigenvalue weighted by atomic mass is 16.5. The minimum absolute atomic E-state index is 0.0381. The van der Waals surface area contributed by atoms with Crippen LogP contribution in [-0.4, -0.2) is 39.6 Å². The van der Waals surface area contributed by atoms with Crippen LogP contribution in [0.25, 0.3) is 134 Å². The van der Waals surface area contributed by atoms with Gasteiger partial charge in [-0.05, 0) is 137 Å². The Kier molecular flexibility index (Phi) is 20.3. The molecule has 0 spiro atoms. The summed E-state index contributed by atoms with van der Waals surface area (Å²) in [6.45, 7) is 1.33. The van der Waals surface area contributed by atoms with Crippen LogP contribution in [0, 0.1) is 136 Å². The van der Waals surface area contributed by atoms with Gasteiger partial charge in [0, 0.05) is 66.8 Å². The average Bonchev–Trinajstić information content (AvgIpc) is 0.746. The van der Waals surface area contributed by atoms with E-state index in [9.17, 15) is 63.1 Å². The molecule has 0 unspecified atom stereocenters. The molecular formula is C90H48N12O6. The Balaban J connectivity index is 0.000000143. The molecule has 18 heteroatoms. The predicted molar refractivity (Wildman–Crippen MR) is 409 cm³/mol. The molecule has 0 radical (unpaired) electrons. The van der Waals surface area contributed by atoms with E-state index >= 15 is 0 Å². The molecule has 0 bridgehead atoms. The molecule has 3 aliphatic rings. The van der Waals surface area contributed by atoms with Crippen LogP contribution in [0.4, 0.5) is 0 Å². The largest absolute Gasteiger partial charge is 0.489 e. The van der Waals surface area contributed by atoms with Gasteiger partial charge in [0.2, 0.25) is 0 Å². The van der Waals surface area contributed by atoms with Crippen molar-refractivity contribution in [3.63, 3.8) is 0 Å². The number of ether oxygens (including phenoxy) is 6. The standard InChI is InChI=1S/3C30H16N4O2/c3*31-15-19(16-32)11-23-13-21-5-1-3-7-25(21)27-28-26-8-4-2-6-22(26)14-24(12-20(17-33)18-34)30(28)36-10-9-35-29(23)27/h3*1-8,11-14H,9-10H2. The quantitative estimate of drug-likeness (QED) is 0.140. The average molecular weight is 1390 g/mol. The van der Waals surface area contributed by atoms with Gasteiger partial charge in [-0.1, -0.05) is 146 Å². The zero-order valence-corrected chi connectivity index (χ0v) is 56.8. The second kappa shape index (κ2) is 31.5. The van der Waals surface area contributed by atoms with Crippen molar-refractivity contribution >= 4 is 101 Å². The molecule has 0 amide bonds. The summed E-state index contributed by atoms with van der Waals surface area (Å²) < 4.78 is 37.3. The number of nitriles is 12. The van der Waals surface area contributed by atoms with E-state index in [1.165, 1.54) is 36.5 Å². The number of benzene rings is 12. The molecule has 3 heterocycles. The highest BCUT2D eigenvalue weighted by Crippen LogP contribution is 2.54. The minimum Gasteiger partial charge on any atom is -0.489 e. The van der Waals surface area contributed by atoms with Crippen molar-refractivity contribution < 1.29 is 28.4 Å². The lowest BCUT2D eigenvalue weighted by atomic mass is 9.88. The monoisotopic (exact) mass is 1390 g/mol. The van der Waals surface area contributed by atoms with Crippen LogP contribution in [0.2, 0.25) is 0 Å². The van der Waals surface area contributed by atoms with Crippen LogP contribution in [0.3, 0.4) is 0 Å². The highest BCUT2D eigenvalue weighted by Gasteiger charge is 2.30. The van der Waals surface area contributed by atoms with Gasteiger partial charge in [0.25, 0.3) is 0 Å². The normalized spacial score (nSPS) is 11.4. The van der Waals surface area contributed by atoms with Crippen molar-refractivity contribution in [3.8, 4) is 141 Å². The summed E-state index contributed by atoms with van der Waals surface area (Å²) in [4.78, 5) is 0. The smallest absolute Gasteiger partial charge is 0.135 e.